The van der Waals surface area contributed by atoms with Gasteiger partial charge in [0.05, 0.1) is 4.90 Å². The minimum absolute atomic E-state index is 0.0131. The highest BCUT2D eigenvalue weighted by atomic mass is 32.2. The molecule has 0 bridgehead atoms. The number of sulfonamides is 1. The molecule has 6 heteroatoms. The van der Waals surface area contributed by atoms with Crippen molar-refractivity contribution in [2.75, 3.05) is 20.1 Å². The summed E-state index contributed by atoms with van der Waals surface area (Å²) in [7, 11) is -2.26. The van der Waals surface area contributed by atoms with Gasteiger partial charge in [0.2, 0.25) is 10.0 Å². The Labute approximate surface area is 126 Å². The molecule has 0 saturated carbocycles. The number of likely N-dealkylation sites (N-methyl/N-ethyl adjacent to an activating group) is 1. The number of nitrogens with one attached hydrogen (secondary N) is 1. The average Bonchev–Trinajstić information content (AvgIpc) is 2.38. The second kappa shape index (κ2) is 7.15. The summed E-state index contributed by atoms with van der Waals surface area (Å²) in [6.45, 7) is 10.2. The zero-order valence-electron chi connectivity index (χ0n) is 13.0. The van der Waals surface area contributed by atoms with Crippen molar-refractivity contribution < 1.29 is 12.8 Å². The van der Waals surface area contributed by atoms with Crippen molar-refractivity contribution in [3.05, 3.63) is 41.2 Å². The Balaban J connectivity index is 3.27. The topological polar surface area (TPSA) is 49.4 Å². The SMILES string of the molecule is C=C(C)CN(C)S(=O)(=O)c1cc(CNCC)cc(F)c1C. The summed E-state index contributed by atoms with van der Waals surface area (Å²) in [5.74, 6) is -0.507. The molecule has 0 unspecified atom stereocenters. The summed E-state index contributed by atoms with van der Waals surface area (Å²) in [5.41, 5.74) is 1.48. The van der Waals surface area contributed by atoms with Crippen LogP contribution in [-0.2, 0) is 16.6 Å². The monoisotopic (exact) mass is 314 g/mol. The first-order valence-electron chi connectivity index (χ1n) is 6.80. The summed E-state index contributed by atoms with van der Waals surface area (Å²) in [6.07, 6.45) is 0. The van der Waals surface area contributed by atoms with Gasteiger partial charge in [-0.25, -0.2) is 12.8 Å². The molecule has 0 aliphatic rings. The van der Waals surface area contributed by atoms with Crippen LogP contribution in [-0.4, -0.2) is 32.9 Å². The van der Waals surface area contributed by atoms with Crippen LogP contribution in [0.4, 0.5) is 4.39 Å². The standard InChI is InChI=1S/C15H23FN2O2S/c1-6-17-9-13-7-14(16)12(4)15(8-13)21(19,20)18(5)10-11(2)3/h7-8,17H,2,6,9-10H2,1,3-5H3. The van der Waals surface area contributed by atoms with Crippen molar-refractivity contribution in [1.29, 1.82) is 0 Å². The molecule has 0 amide bonds. The molecule has 0 saturated heterocycles. The predicted molar refractivity (Wildman–Crippen MR) is 83.1 cm³/mol. The number of hydrogen-bond donors (Lipinski definition) is 1. The van der Waals surface area contributed by atoms with E-state index in [2.05, 4.69) is 11.9 Å². The van der Waals surface area contributed by atoms with E-state index in [0.29, 0.717) is 12.1 Å². The molecule has 1 aromatic rings. The van der Waals surface area contributed by atoms with Crippen LogP contribution in [0.3, 0.4) is 0 Å². The Bertz CT molecular complexity index is 627. The van der Waals surface area contributed by atoms with E-state index >= 15 is 0 Å². The lowest BCUT2D eigenvalue weighted by atomic mass is 10.1. The molecule has 0 radical (unpaired) electrons. The van der Waals surface area contributed by atoms with Gasteiger partial charge in [-0.15, -0.1) is 0 Å². The summed E-state index contributed by atoms with van der Waals surface area (Å²) < 4.78 is 40.3. The van der Waals surface area contributed by atoms with Gasteiger partial charge in [-0.3, -0.25) is 0 Å². The molecule has 1 rings (SSSR count). The van der Waals surface area contributed by atoms with Gasteiger partial charge in [0, 0.05) is 25.7 Å². The minimum Gasteiger partial charge on any atom is -0.313 e. The Morgan fingerprint density at radius 3 is 2.57 bits per heavy atom. The van der Waals surface area contributed by atoms with Crippen LogP contribution < -0.4 is 5.32 Å². The Morgan fingerprint density at radius 2 is 2.05 bits per heavy atom. The largest absolute Gasteiger partial charge is 0.313 e. The van der Waals surface area contributed by atoms with Gasteiger partial charge in [-0.2, -0.15) is 4.31 Å². The molecule has 1 N–H and O–H groups in total. The third-order valence-electron chi connectivity index (χ3n) is 3.12. The maximum atomic E-state index is 14.0. The first kappa shape index (κ1) is 17.8. The van der Waals surface area contributed by atoms with Crippen LogP contribution in [0.5, 0.6) is 0 Å². The molecule has 0 aliphatic heterocycles. The lowest BCUT2D eigenvalue weighted by molar-refractivity contribution is 0.490. The van der Waals surface area contributed by atoms with E-state index in [4.69, 9.17) is 0 Å². The van der Waals surface area contributed by atoms with Crippen LogP contribution in [0.2, 0.25) is 0 Å². The quantitative estimate of drug-likeness (QED) is 0.787. The zero-order valence-corrected chi connectivity index (χ0v) is 13.8. The van der Waals surface area contributed by atoms with Crippen molar-refractivity contribution >= 4 is 10.0 Å². The molecular weight excluding hydrogens is 291 g/mol. The van der Waals surface area contributed by atoms with Crippen molar-refractivity contribution in [1.82, 2.24) is 9.62 Å². The van der Waals surface area contributed by atoms with Crippen molar-refractivity contribution in [2.24, 2.45) is 0 Å². The van der Waals surface area contributed by atoms with E-state index < -0.39 is 15.8 Å². The van der Waals surface area contributed by atoms with Crippen LogP contribution in [0.15, 0.2) is 29.2 Å². The second-order valence-electron chi connectivity index (χ2n) is 5.20. The van der Waals surface area contributed by atoms with Crippen molar-refractivity contribution in [3.8, 4) is 0 Å². The van der Waals surface area contributed by atoms with E-state index in [0.717, 1.165) is 12.1 Å². The predicted octanol–water partition coefficient (Wildman–Crippen LogP) is 2.44. The van der Waals surface area contributed by atoms with E-state index in [1.54, 1.807) is 6.92 Å². The second-order valence-corrected chi connectivity index (χ2v) is 7.21. The van der Waals surface area contributed by atoms with Gasteiger partial charge >= 0.3 is 0 Å². The van der Waals surface area contributed by atoms with Gasteiger partial charge in [-0.1, -0.05) is 19.1 Å². The molecule has 0 aromatic heterocycles. The molecular formula is C15H23FN2O2S. The maximum absolute atomic E-state index is 14.0. The Hall–Kier alpha value is -1.24. The number of nitrogens with zero attached hydrogens (tertiary/aromatic N) is 1. The van der Waals surface area contributed by atoms with Crippen LogP contribution >= 0.6 is 0 Å². The summed E-state index contributed by atoms with van der Waals surface area (Å²) in [4.78, 5) is 0.0131. The fraction of sp³-hybridized carbons (Fsp3) is 0.467. The molecule has 4 nitrogen and oxygen atoms in total. The molecule has 0 heterocycles. The van der Waals surface area contributed by atoms with Gasteiger partial charge < -0.3 is 5.32 Å². The first-order chi connectivity index (χ1) is 9.70. The molecule has 0 aliphatic carbocycles. The summed E-state index contributed by atoms with van der Waals surface area (Å²) in [6, 6.07) is 2.90. The maximum Gasteiger partial charge on any atom is 0.243 e. The third kappa shape index (κ3) is 4.36. The van der Waals surface area contributed by atoms with E-state index in [-0.39, 0.29) is 17.0 Å². The normalized spacial score (nSPS) is 11.9. The van der Waals surface area contributed by atoms with Gasteiger partial charge in [0.15, 0.2) is 0 Å². The van der Waals surface area contributed by atoms with E-state index in [1.807, 2.05) is 6.92 Å². The zero-order chi connectivity index (χ0) is 16.2. The first-order valence-corrected chi connectivity index (χ1v) is 8.24. The Morgan fingerprint density at radius 1 is 1.43 bits per heavy atom. The van der Waals surface area contributed by atoms with Crippen LogP contribution in [0.1, 0.15) is 25.0 Å². The van der Waals surface area contributed by atoms with Gasteiger partial charge in [0.1, 0.15) is 5.82 Å². The molecule has 0 fully saturated rings. The number of benzene rings is 1. The molecule has 118 valence electrons. The highest BCUT2D eigenvalue weighted by Crippen LogP contribution is 2.23. The average molecular weight is 314 g/mol. The molecule has 1 aromatic carbocycles. The van der Waals surface area contributed by atoms with E-state index in [1.165, 1.54) is 30.4 Å². The lowest BCUT2D eigenvalue weighted by Crippen LogP contribution is -2.29. The fourth-order valence-corrected chi connectivity index (χ4v) is 3.49. The molecule has 0 spiro atoms. The highest BCUT2D eigenvalue weighted by molar-refractivity contribution is 7.89. The number of rotatable bonds is 7. The van der Waals surface area contributed by atoms with Crippen LogP contribution in [0.25, 0.3) is 0 Å². The lowest BCUT2D eigenvalue weighted by Gasteiger charge is -2.19. The third-order valence-corrected chi connectivity index (χ3v) is 5.05. The smallest absolute Gasteiger partial charge is 0.243 e. The number of hydrogen-bond acceptors (Lipinski definition) is 3. The van der Waals surface area contributed by atoms with Gasteiger partial charge in [0.25, 0.3) is 0 Å². The van der Waals surface area contributed by atoms with Crippen molar-refractivity contribution in [3.63, 3.8) is 0 Å². The molecule has 0 atom stereocenters. The van der Waals surface area contributed by atoms with E-state index in [9.17, 15) is 12.8 Å². The summed E-state index contributed by atoms with van der Waals surface area (Å²) in [5, 5.41) is 3.06. The highest BCUT2D eigenvalue weighted by Gasteiger charge is 2.24. The summed E-state index contributed by atoms with van der Waals surface area (Å²) >= 11 is 0. The minimum atomic E-state index is -3.73. The van der Waals surface area contributed by atoms with Crippen molar-refractivity contribution in [2.45, 2.75) is 32.2 Å². The van der Waals surface area contributed by atoms with Gasteiger partial charge in [-0.05, 0) is 38.1 Å². The molecule has 21 heavy (non-hydrogen) atoms. The Kier molecular flexibility index (Phi) is 6.07. The fourth-order valence-electron chi connectivity index (χ4n) is 1.98. The van der Waals surface area contributed by atoms with Crippen LogP contribution in [0, 0.1) is 12.7 Å². The number of halogens is 1.